The van der Waals surface area contributed by atoms with Crippen molar-refractivity contribution < 1.29 is 8.42 Å². The summed E-state index contributed by atoms with van der Waals surface area (Å²) in [5.41, 5.74) is 1.88. The van der Waals surface area contributed by atoms with E-state index >= 15 is 0 Å². The van der Waals surface area contributed by atoms with Gasteiger partial charge in [0.25, 0.3) is 0 Å². The molecule has 1 fully saturated rings. The first kappa shape index (κ1) is 20.2. The van der Waals surface area contributed by atoms with Gasteiger partial charge < -0.3 is 10.2 Å². The Morgan fingerprint density at radius 1 is 0.933 bits per heavy atom. The molecule has 156 valence electrons. The van der Waals surface area contributed by atoms with E-state index < -0.39 is 10.0 Å². The van der Waals surface area contributed by atoms with Gasteiger partial charge in [-0.15, -0.1) is 10.2 Å². The van der Waals surface area contributed by atoms with E-state index in [0.29, 0.717) is 37.8 Å². The number of piperazine rings is 1. The summed E-state index contributed by atoms with van der Waals surface area (Å²) in [6.45, 7) is 3.99. The highest BCUT2D eigenvalue weighted by molar-refractivity contribution is 7.88. The Morgan fingerprint density at radius 2 is 1.77 bits per heavy atom. The number of nitrogens with zero attached hydrogens (tertiary/aromatic N) is 5. The zero-order valence-electron chi connectivity index (χ0n) is 16.8. The number of hydrogen-bond donors (Lipinski definition) is 1. The monoisotopic (exact) mass is 424 g/mol. The summed E-state index contributed by atoms with van der Waals surface area (Å²) in [6, 6.07) is 17.0. The molecule has 3 heterocycles. The van der Waals surface area contributed by atoms with E-state index in [1.165, 1.54) is 0 Å². The van der Waals surface area contributed by atoms with Gasteiger partial charge in [0.05, 0.1) is 5.75 Å². The highest BCUT2D eigenvalue weighted by atomic mass is 32.2. The number of benzene rings is 1. The van der Waals surface area contributed by atoms with E-state index in [0.717, 1.165) is 16.9 Å². The van der Waals surface area contributed by atoms with E-state index in [9.17, 15) is 8.42 Å². The molecule has 0 saturated carbocycles. The second-order valence-corrected chi connectivity index (χ2v) is 9.22. The van der Waals surface area contributed by atoms with Crippen molar-refractivity contribution in [1.82, 2.24) is 19.5 Å². The van der Waals surface area contributed by atoms with Crippen LogP contribution in [0, 0.1) is 6.92 Å². The highest BCUT2D eigenvalue weighted by Crippen LogP contribution is 2.19. The van der Waals surface area contributed by atoms with E-state index in [2.05, 4.69) is 25.4 Å². The first-order chi connectivity index (χ1) is 14.5. The maximum Gasteiger partial charge on any atom is 0.218 e. The third-order valence-corrected chi connectivity index (χ3v) is 6.81. The molecule has 9 heteroatoms. The molecule has 0 bridgehead atoms. The molecule has 1 aliphatic rings. The number of rotatable bonds is 6. The van der Waals surface area contributed by atoms with Crippen LogP contribution in [0.1, 0.15) is 11.1 Å². The van der Waals surface area contributed by atoms with Crippen molar-refractivity contribution in [3.05, 3.63) is 71.9 Å². The number of anilines is 3. The normalized spacial score (nSPS) is 15.2. The van der Waals surface area contributed by atoms with Crippen LogP contribution in [0.3, 0.4) is 0 Å². The molecule has 2 aromatic heterocycles. The zero-order chi connectivity index (χ0) is 21.0. The third kappa shape index (κ3) is 4.92. The Hall–Kier alpha value is -3.04. The van der Waals surface area contributed by atoms with Crippen molar-refractivity contribution in [1.29, 1.82) is 0 Å². The number of sulfonamides is 1. The molecular weight excluding hydrogens is 400 g/mol. The van der Waals surface area contributed by atoms with Crippen LogP contribution >= 0.6 is 0 Å². The second kappa shape index (κ2) is 8.76. The minimum atomic E-state index is -3.35. The summed E-state index contributed by atoms with van der Waals surface area (Å²) in [4.78, 5) is 6.25. The molecule has 1 aliphatic heterocycles. The van der Waals surface area contributed by atoms with Gasteiger partial charge in [0, 0.05) is 32.4 Å². The van der Waals surface area contributed by atoms with Gasteiger partial charge in [0.1, 0.15) is 5.82 Å². The average Bonchev–Trinajstić information content (AvgIpc) is 2.75. The standard InChI is InChI=1S/C21H24N6O2S/c1-17-5-4-6-18(15-17)16-30(28,29)27-13-11-26(12-14-27)21-9-8-20(24-25-21)23-19-7-2-3-10-22-19/h2-10,15H,11-14,16H2,1H3,(H,22,23,24). The van der Waals surface area contributed by atoms with Crippen LogP contribution < -0.4 is 10.2 Å². The van der Waals surface area contributed by atoms with Crippen molar-refractivity contribution in [2.75, 3.05) is 36.4 Å². The van der Waals surface area contributed by atoms with E-state index in [-0.39, 0.29) is 5.75 Å². The Bertz CT molecular complexity index is 1080. The lowest BCUT2D eigenvalue weighted by atomic mass is 10.2. The quantitative estimate of drug-likeness (QED) is 0.650. The molecular formula is C21H24N6O2S. The average molecular weight is 425 g/mol. The summed E-state index contributed by atoms with van der Waals surface area (Å²) in [5.74, 6) is 2.07. The lowest BCUT2D eigenvalue weighted by molar-refractivity contribution is 0.383. The van der Waals surface area contributed by atoms with Gasteiger partial charge in [-0.3, -0.25) is 0 Å². The lowest BCUT2D eigenvalue weighted by Gasteiger charge is -2.34. The number of hydrogen-bond acceptors (Lipinski definition) is 7. The first-order valence-corrected chi connectivity index (χ1v) is 11.4. The number of aromatic nitrogens is 3. The predicted octanol–water partition coefficient (Wildman–Crippen LogP) is 2.58. The van der Waals surface area contributed by atoms with Gasteiger partial charge in [-0.05, 0) is 36.8 Å². The van der Waals surface area contributed by atoms with E-state index in [1.54, 1.807) is 10.5 Å². The van der Waals surface area contributed by atoms with Crippen LogP contribution in [-0.4, -0.2) is 54.1 Å². The molecule has 0 unspecified atom stereocenters. The summed E-state index contributed by atoms with van der Waals surface area (Å²) in [6.07, 6.45) is 1.70. The molecule has 1 saturated heterocycles. The fourth-order valence-electron chi connectivity index (χ4n) is 3.43. The molecule has 4 rings (SSSR count). The Morgan fingerprint density at radius 3 is 2.43 bits per heavy atom. The molecule has 8 nitrogen and oxygen atoms in total. The molecule has 0 aliphatic carbocycles. The maximum absolute atomic E-state index is 12.8. The Labute approximate surface area is 176 Å². The fourth-order valence-corrected chi connectivity index (χ4v) is 4.93. The van der Waals surface area contributed by atoms with E-state index in [1.807, 2.05) is 61.5 Å². The van der Waals surface area contributed by atoms with Crippen LogP contribution in [0.2, 0.25) is 0 Å². The van der Waals surface area contributed by atoms with Crippen LogP contribution in [0.5, 0.6) is 0 Å². The third-order valence-electron chi connectivity index (χ3n) is 4.96. The SMILES string of the molecule is Cc1cccc(CS(=O)(=O)N2CCN(c3ccc(Nc4ccccn4)nn3)CC2)c1. The smallest absolute Gasteiger partial charge is 0.218 e. The molecule has 0 radical (unpaired) electrons. The van der Waals surface area contributed by atoms with Crippen LogP contribution in [0.4, 0.5) is 17.5 Å². The maximum atomic E-state index is 12.8. The van der Waals surface area contributed by atoms with Crippen molar-refractivity contribution in [3.63, 3.8) is 0 Å². The van der Waals surface area contributed by atoms with Crippen LogP contribution in [0.25, 0.3) is 0 Å². The van der Waals surface area contributed by atoms with Crippen molar-refractivity contribution in [3.8, 4) is 0 Å². The topological polar surface area (TPSA) is 91.3 Å². The van der Waals surface area contributed by atoms with Crippen molar-refractivity contribution in [2.24, 2.45) is 0 Å². The van der Waals surface area contributed by atoms with Crippen LogP contribution in [0.15, 0.2) is 60.8 Å². The summed E-state index contributed by atoms with van der Waals surface area (Å²) < 4.78 is 27.2. The zero-order valence-corrected chi connectivity index (χ0v) is 17.6. The molecule has 30 heavy (non-hydrogen) atoms. The Kier molecular flexibility index (Phi) is 5.91. The van der Waals surface area contributed by atoms with Crippen LogP contribution in [-0.2, 0) is 15.8 Å². The molecule has 0 spiro atoms. The molecule has 3 aromatic rings. The molecule has 0 amide bonds. The van der Waals surface area contributed by atoms with Gasteiger partial charge in [-0.2, -0.15) is 4.31 Å². The number of aryl methyl sites for hydroxylation is 1. The second-order valence-electron chi connectivity index (χ2n) is 7.25. The number of nitrogens with one attached hydrogen (secondary N) is 1. The molecule has 1 aromatic carbocycles. The van der Waals surface area contributed by atoms with Crippen molar-refractivity contribution >= 4 is 27.5 Å². The van der Waals surface area contributed by atoms with Crippen molar-refractivity contribution in [2.45, 2.75) is 12.7 Å². The minimum absolute atomic E-state index is 0.0301. The predicted molar refractivity (Wildman–Crippen MR) is 117 cm³/mol. The Balaban J connectivity index is 1.35. The van der Waals surface area contributed by atoms with Gasteiger partial charge in [-0.25, -0.2) is 13.4 Å². The number of pyridine rings is 1. The van der Waals surface area contributed by atoms with Gasteiger partial charge in [0.2, 0.25) is 10.0 Å². The van der Waals surface area contributed by atoms with Gasteiger partial charge in [0.15, 0.2) is 11.6 Å². The lowest BCUT2D eigenvalue weighted by Crippen LogP contribution is -2.49. The largest absolute Gasteiger partial charge is 0.352 e. The molecule has 0 atom stereocenters. The summed E-state index contributed by atoms with van der Waals surface area (Å²) in [5, 5.41) is 11.6. The van der Waals surface area contributed by atoms with Gasteiger partial charge in [-0.1, -0.05) is 35.9 Å². The summed E-state index contributed by atoms with van der Waals surface area (Å²) in [7, 11) is -3.35. The minimum Gasteiger partial charge on any atom is -0.352 e. The fraction of sp³-hybridized carbons (Fsp3) is 0.286. The first-order valence-electron chi connectivity index (χ1n) is 9.80. The van der Waals surface area contributed by atoms with Gasteiger partial charge >= 0.3 is 0 Å². The summed E-state index contributed by atoms with van der Waals surface area (Å²) >= 11 is 0. The highest BCUT2D eigenvalue weighted by Gasteiger charge is 2.27. The molecule has 1 N–H and O–H groups in total. The van der Waals surface area contributed by atoms with E-state index in [4.69, 9.17) is 0 Å².